The Hall–Kier alpha value is -0.323. The van der Waals surface area contributed by atoms with Gasteiger partial charge in [-0.3, -0.25) is 4.90 Å². The van der Waals surface area contributed by atoms with Gasteiger partial charge in [-0.15, -0.1) is 0 Å². The third kappa shape index (κ3) is 12.7. The fourth-order valence-electron chi connectivity index (χ4n) is 20.9. The second-order valence-corrected chi connectivity index (χ2v) is 32.9. The van der Waals surface area contributed by atoms with E-state index in [1.54, 1.807) is 5.57 Å². The number of rotatable bonds is 27. The SMILES string of the molecule is CCC(CCC(C)C1CCC2C3CC=C4CC(OC(CC[C@H](C)C5CCC6C7CCC8C[C@@H](OC)CC[C@@]8(C)C7CC[C@]65C)O[Si](C)(C)OCCCCCCN(CCO)CCO)CCC4(C)C3CCC12C)C(C)C. The summed E-state index contributed by atoms with van der Waals surface area (Å²) in [6.07, 6.45) is 37.1. The molecule has 0 aromatic heterocycles. The second kappa shape index (κ2) is 25.6. The number of allylic oxidation sites excluding steroid dienone is 1. The van der Waals surface area contributed by atoms with Gasteiger partial charge in [0.1, 0.15) is 6.29 Å². The van der Waals surface area contributed by atoms with Crippen molar-refractivity contribution in [2.45, 2.75) is 261 Å². The molecule has 0 bridgehead atoms. The lowest BCUT2D eigenvalue weighted by Crippen LogP contribution is -2.54. The lowest BCUT2D eigenvalue weighted by atomic mass is 9.44. The van der Waals surface area contributed by atoms with E-state index in [4.69, 9.17) is 18.3 Å². The van der Waals surface area contributed by atoms with Gasteiger partial charge < -0.3 is 28.5 Å². The fourth-order valence-corrected chi connectivity index (χ4v) is 22.4. The molecule has 15 unspecified atom stereocenters. The number of hydrogen-bond acceptors (Lipinski definition) is 7. The van der Waals surface area contributed by atoms with Crippen LogP contribution in [-0.4, -0.2) is 88.7 Å². The molecular weight excluding hydrogens is 931 g/mol. The Balaban J connectivity index is 0.897. The maximum Gasteiger partial charge on any atom is 0.333 e. The molecule has 0 aliphatic heterocycles. The van der Waals surface area contributed by atoms with Crippen LogP contribution in [0, 0.1) is 98.6 Å². The molecule has 2 N–H and O–H groups in total. The molecular formula is C66H119NO6Si. The van der Waals surface area contributed by atoms with Gasteiger partial charge in [0.05, 0.1) is 25.4 Å². The largest absolute Gasteiger partial charge is 0.395 e. The Morgan fingerprint density at radius 3 is 1.91 bits per heavy atom. The summed E-state index contributed by atoms with van der Waals surface area (Å²) in [7, 11) is -0.542. The third-order valence-corrected chi connectivity index (χ3v) is 27.0. The van der Waals surface area contributed by atoms with Gasteiger partial charge in [0.2, 0.25) is 0 Å². The van der Waals surface area contributed by atoms with Gasteiger partial charge >= 0.3 is 8.56 Å². The first-order chi connectivity index (χ1) is 35.3. The van der Waals surface area contributed by atoms with Crippen molar-refractivity contribution in [2.24, 2.45) is 98.6 Å². The molecule has 0 amide bonds. The molecule has 19 atom stereocenters. The number of fused-ring (bicyclic) bond motifs is 10. The summed E-state index contributed by atoms with van der Waals surface area (Å²) in [5.41, 5.74) is 3.53. The van der Waals surface area contributed by atoms with Crippen LogP contribution >= 0.6 is 0 Å². The summed E-state index contributed by atoms with van der Waals surface area (Å²) in [5, 5.41) is 18.9. The van der Waals surface area contributed by atoms with Crippen molar-refractivity contribution >= 4 is 8.56 Å². The van der Waals surface area contributed by atoms with Crippen molar-refractivity contribution in [1.29, 1.82) is 0 Å². The predicted octanol–water partition coefficient (Wildman–Crippen LogP) is 16.0. The second-order valence-electron chi connectivity index (χ2n) is 29.5. The lowest BCUT2D eigenvalue weighted by Gasteiger charge is -2.61. The van der Waals surface area contributed by atoms with E-state index in [0.717, 1.165) is 129 Å². The van der Waals surface area contributed by atoms with Crippen LogP contribution < -0.4 is 0 Å². The van der Waals surface area contributed by atoms with Crippen molar-refractivity contribution in [2.75, 3.05) is 46.6 Å². The van der Waals surface area contributed by atoms with Gasteiger partial charge in [-0.25, -0.2) is 0 Å². The van der Waals surface area contributed by atoms with Gasteiger partial charge in [0, 0.05) is 26.8 Å². The zero-order valence-corrected chi connectivity index (χ0v) is 51.4. The van der Waals surface area contributed by atoms with E-state index in [9.17, 15) is 10.2 Å². The molecule has 0 aromatic rings. The van der Waals surface area contributed by atoms with Crippen LogP contribution in [0.4, 0.5) is 0 Å². The normalized spacial score (nSPS) is 40.6. The predicted molar refractivity (Wildman–Crippen MR) is 309 cm³/mol. The van der Waals surface area contributed by atoms with Crippen molar-refractivity contribution in [3.8, 4) is 0 Å². The Morgan fingerprint density at radius 1 is 0.649 bits per heavy atom. The molecule has 8 aliphatic carbocycles. The van der Waals surface area contributed by atoms with Gasteiger partial charge in [0.25, 0.3) is 0 Å². The van der Waals surface area contributed by atoms with E-state index < -0.39 is 8.56 Å². The zero-order valence-electron chi connectivity index (χ0n) is 50.4. The van der Waals surface area contributed by atoms with Crippen molar-refractivity contribution in [1.82, 2.24) is 4.90 Å². The molecule has 0 aromatic carbocycles. The van der Waals surface area contributed by atoms with Crippen LogP contribution in [0.25, 0.3) is 0 Å². The highest BCUT2D eigenvalue weighted by Gasteiger charge is 2.62. The van der Waals surface area contributed by atoms with Crippen LogP contribution in [0.15, 0.2) is 11.6 Å². The van der Waals surface area contributed by atoms with E-state index >= 15 is 0 Å². The average Bonchev–Trinajstić information content (AvgIpc) is 3.92. The molecule has 74 heavy (non-hydrogen) atoms. The molecule has 0 radical (unpaired) electrons. The minimum Gasteiger partial charge on any atom is -0.395 e. The van der Waals surface area contributed by atoms with E-state index in [1.807, 2.05) is 7.11 Å². The molecule has 0 saturated heterocycles. The standard InChI is InChI=1S/C66H119NO6Si/c1-13-49(46(2)3)20-18-47(4)56-25-27-58-55-24-22-51-45-53(31-35-64(51,7)61(55)33-36-65(56,58)8)72-62(73-74(11,12)71-43-17-15-14-16-38-67(39-41-68)40-42-69)29-19-48(5)57-26-28-59-54-23-21-50-44-52(70-10)30-34-63(50,6)60(54)32-37-66(57,59)9/h22,46-50,52-62,68-69H,13-21,23-45H2,1-12H3/t47?,48-,49?,50?,52-,53?,54?,55?,56?,57?,58?,59?,60?,61?,62?,63+,64?,65?,66-/m0/s1. The van der Waals surface area contributed by atoms with Gasteiger partial charge in [-0.1, -0.05) is 99.6 Å². The summed E-state index contributed by atoms with van der Waals surface area (Å²) < 4.78 is 27.4. The van der Waals surface area contributed by atoms with Gasteiger partial charge in [-0.05, 0) is 259 Å². The summed E-state index contributed by atoms with van der Waals surface area (Å²) in [4.78, 5) is 2.16. The molecule has 8 aliphatic rings. The number of aliphatic hydroxyl groups is 2. The van der Waals surface area contributed by atoms with Crippen molar-refractivity contribution in [3.05, 3.63) is 11.6 Å². The van der Waals surface area contributed by atoms with Gasteiger partial charge in [-0.2, -0.15) is 0 Å². The smallest absolute Gasteiger partial charge is 0.333 e. The summed E-state index contributed by atoms with van der Waals surface area (Å²) >= 11 is 0. The zero-order chi connectivity index (χ0) is 53.1. The van der Waals surface area contributed by atoms with Crippen LogP contribution in [-0.2, 0) is 18.3 Å². The van der Waals surface area contributed by atoms with E-state index in [1.165, 1.54) is 122 Å². The van der Waals surface area contributed by atoms with Crippen LogP contribution in [0.3, 0.4) is 0 Å². The number of unbranched alkanes of at least 4 members (excludes halogenated alkanes) is 3. The first kappa shape index (κ1) is 59.8. The topological polar surface area (TPSA) is 80.6 Å². The highest BCUT2D eigenvalue weighted by Crippen LogP contribution is 2.70. The molecule has 7 saturated carbocycles. The number of nitrogens with zero attached hydrogens (tertiary/aromatic N) is 1. The molecule has 0 spiro atoms. The summed E-state index contributed by atoms with van der Waals surface area (Å²) in [6, 6.07) is 0. The van der Waals surface area contributed by atoms with E-state index in [-0.39, 0.29) is 25.6 Å². The molecule has 7 nitrogen and oxygen atoms in total. The highest BCUT2D eigenvalue weighted by molar-refractivity contribution is 6.64. The first-order valence-corrected chi connectivity index (χ1v) is 35.3. The molecule has 7 fully saturated rings. The Morgan fingerprint density at radius 2 is 1.26 bits per heavy atom. The Kier molecular flexibility index (Phi) is 20.7. The molecule has 8 heteroatoms. The maximum atomic E-state index is 9.43. The number of ether oxygens (including phenoxy) is 2. The highest BCUT2D eigenvalue weighted by atomic mass is 28.4. The summed E-state index contributed by atoms with van der Waals surface area (Å²) in [6.45, 7) is 31.3. The van der Waals surface area contributed by atoms with Crippen LogP contribution in [0.1, 0.15) is 229 Å². The fraction of sp³-hybridized carbons (Fsp3) is 0.970. The first-order valence-electron chi connectivity index (χ1n) is 32.5. The number of hydrogen-bond donors (Lipinski definition) is 2. The van der Waals surface area contributed by atoms with Gasteiger partial charge in [0.15, 0.2) is 0 Å². The van der Waals surface area contributed by atoms with Crippen LogP contribution in [0.5, 0.6) is 0 Å². The number of methoxy groups -OCH3 is 1. The quantitative estimate of drug-likeness (QED) is 0.0367. The average molecular weight is 1050 g/mol. The maximum absolute atomic E-state index is 9.43. The van der Waals surface area contributed by atoms with Crippen LogP contribution in [0.2, 0.25) is 13.1 Å². The van der Waals surface area contributed by atoms with Crippen molar-refractivity contribution in [3.63, 3.8) is 0 Å². The molecule has 8 rings (SSSR count). The minimum absolute atomic E-state index is 0.145. The van der Waals surface area contributed by atoms with E-state index in [0.29, 0.717) is 46.8 Å². The number of aliphatic hydroxyl groups excluding tert-OH is 2. The van der Waals surface area contributed by atoms with Crippen molar-refractivity contribution < 1.29 is 28.5 Å². The monoisotopic (exact) mass is 1050 g/mol. The molecule has 428 valence electrons. The lowest BCUT2D eigenvalue weighted by molar-refractivity contribution is -0.153. The molecule has 0 heterocycles. The minimum atomic E-state index is -2.49. The third-order valence-electron chi connectivity index (χ3n) is 25.3. The van der Waals surface area contributed by atoms with E-state index in [2.05, 4.69) is 86.4 Å². The Labute approximate surface area is 457 Å². The summed E-state index contributed by atoms with van der Waals surface area (Å²) in [5.74, 6) is 11.0. The Bertz CT molecular complexity index is 1770.